The van der Waals surface area contributed by atoms with E-state index in [4.69, 9.17) is 4.74 Å². The number of hydrogen-bond donors (Lipinski definition) is 2. The summed E-state index contributed by atoms with van der Waals surface area (Å²) in [5.41, 5.74) is 0. The molecule has 2 rings (SSSR count). The highest BCUT2D eigenvalue weighted by molar-refractivity contribution is 8.00. The van der Waals surface area contributed by atoms with Crippen molar-refractivity contribution in [2.75, 3.05) is 32.0 Å². The lowest BCUT2D eigenvalue weighted by atomic mass is 10.1. The van der Waals surface area contributed by atoms with Gasteiger partial charge in [0.2, 0.25) is 5.91 Å². The molecule has 110 valence electrons. The van der Waals surface area contributed by atoms with E-state index in [0.29, 0.717) is 17.1 Å². The Bertz CT molecular complexity index is 264. The van der Waals surface area contributed by atoms with Gasteiger partial charge in [-0.1, -0.05) is 0 Å². The molecule has 2 heterocycles. The summed E-state index contributed by atoms with van der Waals surface area (Å²) >= 11 is 1.81. The molecule has 2 N–H and O–H groups in total. The number of carbonyl (C=O) groups excluding carboxylic acids is 1. The van der Waals surface area contributed by atoms with Crippen LogP contribution in [0.25, 0.3) is 0 Å². The van der Waals surface area contributed by atoms with Gasteiger partial charge in [-0.2, -0.15) is 0 Å². The molecule has 0 aliphatic carbocycles. The number of thioether (sulfide) groups is 1. The summed E-state index contributed by atoms with van der Waals surface area (Å²) in [5, 5.41) is 7.02. The van der Waals surface area contributed by atoms with Crippen LogP contribution in [0, 0.1) is 0 Å². The SMILES string of the molecule is O=C(CSC1CCNCC1)NCCC1CCCCO1. The van der Waals surface area contributed by atoms with Crippen LogP contribution >= 0.6 is 11.8 Å². The van der Waals surface area contributed by atoms with Gasteiger partial charge < -0.3 is 15.4 Å². The molecule has 1 atom stereocenters. The maximum Gasteiger partial charge on any atom is 0.230 e. The van der Waals surface area contributed by atoms with Crippen molar-refractivity contribution in [3.05, 3.63) is 0 Å². The zero-order valence-corrected chi connectivity index (χ0v) is 12.5. The standard InChI is InChI=1S/C14H26N2O2S/c17-14(11-19-13-5-7-15-8-6-13)16-9-4-12-3-1-2-10-18-12/h12-13,15H,1-11H2,(H,16,17). The Morgan fingerprint density at radius 2 is 2.11 bits per heavy atom. The van der Waals surface area contributed by atoms with Gasteiger partial charge in [0.15, 0.2) is 0 Å². The molecule has 0 aromatic heterocycles. The minimum Gasteiger partial charge on any atom is -0.378 e. The van der Waals surface area contributed by atoms with E-state index in [-0.39, 0.29) is 5.91 Å². The molecule has 1 amide bonds. The molecule has 1 unspecified atom stereocenters. The van der Waals surface area contributed by atoms with Crippen LogP contribution in [-0.4, -0.2) is 49.3 Å². The van der Waals surface area contributed by atoms with Crippen molar-refractivity contribution in [1.29, 1.82) is 0 Å². The molecule has 2 aliphatic rings. The quantitative estimate of drug-likeness (QED) is 0.778. The van der Waals surface area contributed by atoms with Crippen molar-refractivity contribution < 1.29 is 9.53 Å². The van der Waals surface area contributed by atoms with E-state index in [2.05, 4.69) is 10.6 Å². The highest BCUT2D eigenvalue weighted by atomic mass is 32.2. The second kappa shape index (κ2) is 8.82. The third-order valence-electron chi connectivity index (χ3n) is 3.80. The van der Waals surface area contributed by atoms with E-state index >= 15 is 0 Å². The summed E-state index contributed by atoms with van der Waals surface area (Å²) in [5.74, 6) is 0.787. The van der Waals surface area contributed by atoms with Gasteiger partial charge in [0, 0.05) is 18.4 Å². The smallest absolute Gasteiger partial charge is 0.230 e. The molecule has 0 saturated carbocycles. The molecule has 4 nitrogen and oxygen atoms in total. The third-order valence-corrected chi connectivity index (χ3v) is 5.17. The number of ether oxygens (including phenoxy) is 1. The largest absolute Gasteiger partial charge is 0.378 e. The Labute approximate surface area is 120 Å². The fraction of sp³-hybridized carbons (Fsp3) is 0.929. The summed E-state index contributed by atoms with van der Waals surface area (Å²) in [6, 6.07) is 0. The zero-order valence-electron chi connectivity index (χ0n) is 11.7. The van der Waals surface area contributed by atoms with Gasteiger partial charge >= 0.3 is 0 Å². The lowest BCUT2D eigenvalue weighted by Gasteiger charge is -2.23. The molecule has 19 heavy (non-hydrogen) atoms. The molecule has 0 radical (unpaired) electrons. The second-order valence-corrected chi connectivity index (χ2v) is 6.68. The summed E-state index contributed by atoms with van der Waals surface area (Å²) in [6.07, 6.45) is 7.32. The van der Waals surface area contributed by atoms with Crippen LogP contribution in [0.2, 0.25) is 0 Å². The van der Waals surface area contributed by atoms with Crippen LogP contribution in [0.5, 0.6) is 0 Å². The van der Waals surface area contributed by atoms with Gasteiger partial charge in [0.25, 0.3) is 0 Å². The monoisotopic (exact) mass is 286 g/mol. The minimum atomic E-state index is 0.180. The molecule has 2 fully saturated rings. The van der Waals surface area contributed by atoms with Crippen LogP contribution < -0.4 is 10.6 Å². The van der Waals surface area contributed by atoms with Crippen molar-refractivity contribution in [2.24, 2.45) is 0 Å². The summed E-state index contributed by atoms with van der Waals surface area (Å²) < 4.78 is 5.65. The van der Waals surface area contributed by atoms with Crippen molar-refractivity contribution in [2.45, 2.75) is 49.9 Å². The van der Waals surface area contributed by atoms with Crippen molar-refractivity contribution >= 4 is 17.7 Å². The molecule has 0 bridgehead atoms. The molecule has 2 saturated heterocycles. The van der Waals surface area contributed by atoms with Gasteiger partial charge in [-0.15, -0.1) is 11.8 Å². The van der Waals surface area contributed by atoms with Gasteiger partial charge in [-0.25, -0.2) is 0 Å². The number of amides is 1. The minimum absolute atomic E-state index is 0.180. The summed E-state index contributed by atoms with van der Waals surface area (Å²) in [4.78, 5) is 11.7. The van der Waals surface area contributed by atoms with Crippen LogP contribution in [0.15, 0.2) is 0 Å². The average molecular weight is 286 g/mol. The van der Waals surface area contributed by atoms with Crippen molar-refractivity contribution in [1.82, 2.24) is 10.6 Å². The first-order valence-corrected chi connectivity index (χ1v) is 8.60. The molecule has 0 spiro atoms. The molecule has 2 aliphatic heterocycles. The maximum atomic E-state index is 11.7. The van der Waals surface area contributed by atoms with Gasteiger partial charge in [0.1, 0.15) is 0 Å². The molecular formula is C14H26N2O2S. The topological polar surface area (TPSA) is 50.4 Å². The normalized spacial score (nSPS) is 25.2. The highest BCUT2D eigenvalue weighted by Crippen LogP contribution is 2.19. The van der Waals surface area contributed by atoms with Crippen molar-refractivity contribution in [3.8, 4) is 0 Å². The number of nitrogens with one attached hydrogen (secondary N) is 2. The second-order valence-electron chi connectivity index (χ2n) is 5.39. The number of carbonyl (C=O) groups is 1. The molecule has 5 heteroatoms. The zero-order chi connectivity index (χ0) is 13.3. The van der Waals surface area contributed by atoms with E-state index in [1.165, 1.54) is 25.7 Å². The Morgan fingerprint density at radius 1 is 1.26 bits per heavy atom. The van der Waals surface area contributed by atoms with E-state index in [0.717, 1.165) is 39.1 Å². The predicted octanol–water partition coefficient (Wildman–Crippen LogP) is 1.55. The van der Waals surface area contributed by atoms with Gasteiger partial charge in [0.05, 0.1) is 11.9 Å². The van der Waals surface area contributed by atoms with E-state index < -0.39 is 0 Å². The maximum absolute atomic E-state index is 11.7. The predicted molar refractivity (Wildman–Crippen MR) is 79.6 cm³/mol. The molecular weight excluding hydrogens is 260 g/mol. The summed E-state index contributed by atoms with van der Waals surface area (Å²) in [6.45, 7) is 3.84. The van der Waals surface area contributed by atoms with E-state index in [1.807, 2.05) is 11.8 Å². The fourth-order valence-corrected chi connectivity index (χ4v) is 3.67. The van der Waals surface area contributed by atoms with Gasteiger partial charge in [-0.05, 0) is 51.6 Å². The first-order valence-electron chi connectivity index (χ1n) is 7.55. The molecule has 0 aromatic rings. The summed E-state index contributed by atoms with van der Waals surface area (Å²) in [7, 11) is 0. The fourth-order valence-electron chi connectivity index (χ4n) is 2.61. The van der Waals surface area contributed by atoms with Crippen LogP contribution in [0.4, 0.5) is 0 Å². The van der Waals surface area contributed by atoms with E-state index in [9.17, 15) is 4.79 Å². The first-order chi connectivity index (χ1) is 9.34. The average Bonchev–Trinajstić information content (AvgIpc) is 2.47. The lowest BCUT2D eigenvalue weighted by molar-refractivity contribution is -0.118. The lowest BCUT2D eigenvalue weighted by Crippen LogP contribution is -2.33. The van der Waals surface area contributed by atoms with Gasteiger partial charge in [-0.3, -0.25) is 4.79 Å². The Hall–Kier alpha value is -0.260. The Kier molecular flexibility index (Phi) is 7.03. The number of piperidine rings is 1. The molecule has 0 aromatic carbocycles. The highest BCUT2D eigenvalue weighted by Gasteiger charge is 2.16. The van der Waals surface area contributed by atoms with Crippen LogP contribution in [-0.2, 0) is 9.53 Å². The van der Waals surface area contributed by atoms with Crippen LogP contribution in [0.3, 0.4) is 0 Å². The number of rotatable bonds is 6. The number of hydrogen-bond acceptors (Lipinski definition) is 4. The Balaban J connectivity index is 1.49. The third kappa shape index (κ3) is 6.15. The van der Waals surface area contributed by atoms with Crippen molar-refractivity contribution in [3.63, 3.8) is 0 Å². The van der Waals surface area contributed by atoms with E-state index in [1.54, 1.807) is 0 Å². The first kappa shape index (κ1) is 15.1. The van der Waals surface area contributed by atoms with Crippen LogP contribution in [0.1, 0.15) is 38.5 Å². The Morgan fingerprint density at radius 3 is 2.84 bits per heavy atom.